The van der Waals surface area contributed by atoms with Crippen molar-refractivity contribution in [2.75, 3.05) is 19.8 Å². The minimum Gasteiger partial charge on any atom is -0.484 e. The maximum atomic E-state index is 12.7. The second kappa shape index (κ2) is 10.3. The fraction of sp³-hybridized carbons (Fsp3) is 0.381. The Kier molecular flexibility index (Phi) is 7.79. The molecule has 0 unspecified atom stereocenters. The normalized spacial score (nSPS) is 10.3. The van der Waals surface area contributed by atoms with E-state index in [1.165, 1.54) is 0 Å². The average Bonchev–Trinajstić information content (AvgIpc) is 2.65. The summed E-state index contributed by atoms with van der Waals surface area (Å²) >= 11 is 0. The van der Waals surface area contributed by atoms with E-state index in [-0.39, 0.29) is 31.4 Å². The fourth-order valence-electron chi connectivity index (χ4n) is 2.66. The molecule has 0 atom stereocenters. The predicted molar refractivity (Wildman–Crippen MR) is 102 cm³/mol. The molecule has 6 nitrogen and oxygen atoms in total. The molecule has 2 rings (SSSR count). The number of carbonyl (C=O) groups is 2. The van der Waals surface area contributed by atoms with Gasteiger partial charge in [0.25, 0.3) is 5.91 Å². The van der Waals surface area contributed by atoms with Gasteiger partial charge in [0.15, 0.2) is 6.61 Å². The molecule has 0 bridgehead atoms. The number of amides is 1. The second-order valence-corrected chi connectivity index (χ2v) is 6.29. The number of hydrogen-bond donors (Lipinski definition) is 0. The molecule has 144 valence electrons. The van der Waals surface area contributed by atoms with Crippen LogP contribution in [0.5, 0.6) is 5.75 Å². The molecule has 1 amide bonds. The number of aromatic nitrogens is 1. The lowest BCUT2D eigenvalue weighted by atomic mass is 10.1. The van der Waals surface area contributed by atoms with E-state index in [0.29, 0.717) is 18.9 Å². The van der Waals surface area contributed by atoms with Gasteiger partial charge in [-0.1, -0.05) is 23.8 Å². The Morgan fingerprint density at radius 2 is 2.00 bits per heavy atom. The van der Waals surface area contributed by atoms with Crippen molar-refractivity contribution in [3.8, 4) is 5.75 Å². The summed E-state index contributed by atoms with van der Waals surface area (Å²) in [6.07, 6.45) is 3.52. The van der Waals surface area contributed by atoms with Gasteiger partial charge in [0.1, 0.15) is 5.75 Å². The molecule has 0 saturated carbocycles. The van der Waals surface area contributed by atoms with Crippen LogP contribution in [0.1, 0.15) is 30.0 Å². The van der Waals surface area contributed by atoms with E-state index in [1.807, 2.05) is 44.2 Å². The smallest absolute Gasteiger partial charge is 0.307 e. The van der Waals surface area contributed by atoms with Gasteiger partial charge in [-0.3, -0.25) is 14.6 Å². The quantitative estimate of drug-likeness (QED) is 0.635. The summed E-state index contributed by atoms with van der Waals surface area (Å²) in [6.45, 7) is 6.57. The SMILES string of the molecule is CCOC(=O)CCN(Cc1cccnc1)C(=O)COc1ccc(C)cc1C. The van der Waals surface area contributed by atoms with Gasteiger partial charge >= 0.3 is 5.97 Å². The first-order valence-electron chi connectivity index (χ1n) is 9.02. The number of pyridine rings is 1. The first-order valence-corrected chi connectivity index (χ1v) is 9.02. The third-order valence-electron chi connectivity index (χ3n) is 4.02. The molecule has 1 heterocycles. The number of carbonyl (C=O) groups excluding carboxylic acids is 2. The van der Waals surface area contributed by atoms with Gasteiger partial charge in [-0.2, -0.15) is 0 Å². The number of esters is 1. The van der Waals surface area contributed by atoms with Crippen LogP contribution >= 0.6 is 0 Å². The number of aryl methyl sites for hydroxylation is 2. The molecular formula is C21H26N2O4. The summed E-state index contributed by atoms with van der Waals surface area (Å²) in [6, 6.07) is 9.52. The van der Waals surface area contributed by atoms with Crippen LogP contribution in [0.3, 0.4) is 0 Å². The Labute approximate surface area is 160 Å². The minimum atomic E-state index is -0.322. The van der Waals surface area contributed by atoms with E-state index in [0.717, 1.165) is 16.7 Å². The number of rotatable bonds is 9. The average molecular weight is 370 g/mol. The second-order valence-electron chi connectivity index (χ2n) is 6.29. The lowest BCUT2D eigenvalue weighted by Gasteiger charge is -2.23. The van der Waals surface area contributed by atoms with Crippen molar-refractivity contribution in [1.82, 2.24) is 9.88 Å². The number of ether oxygens (including phenoxy) is 2. The summed E-state index contributed by atoms with van der Waals surface area (Å²) in [4.78, 5) is 30.0. The van der Waals surface area contributed by atoms with Crippen LogP contribution in [0.25, 0.3) is 0 Å². The van der Waals surface area contributed by atoms with Crippen LogP contribution in [0.4, 0.5) is 0 Å². The van der Waals surface area contributed by atoms with Gasteiger partial charge in [0, 0.05) is 25.5 Å². The van der Waals surface area contributed by atoms with Crippen LogP contribution in [-0.2, 0) is 20.9 Å². The molecule has 0 fully saturated rings. The highest BCUT2D eigenvalue weighted by Crippen LogP contribution is 2.19. The van der Waals surface area contributed by atoms with Gasteiger partial charge in [-0.25, -0.2) is 0 Å². The van der Waals surface area contributed by atoms with Gasteiger partial charge < -0.3 is 14.4 Å². The van der Waals surface area contributed by atoms with Gasteiger partial charge in [0.05, 0.1) is 13.0 Å². The first-order chi connectivity index (χ1) is 13.0. The van der Waals surface area contributed by atoms with Gasteiger partial charge in [-0.05, 0) is 44.0 Å². The van der Waals surface area contributed by atoms with Crippen molar-refractivity contribution in [3.63, 3.8) is 0 Å². The Hall–Kier alpha value is -2.89. The van der Waals surface area contributed by atoms with Crippen molar-refractivity contribution in [3.05, 3.63) is 59.4 Å². The monoisotopic (exact) mass is 370 g/mol. The van der Waals surface area contributed by atoms with Crippen molar-refractivity contribution in [1.29, 1.82) is 0 Å². The van der Waals surface area contributed by atoms with E-state index in [4.69, 9.17) is 9.47 Å². The predicted octanol–water partition coefficient (Wildman–Crippen LogP) is 3.06. The summed E-state index contributed by atoms with van der Waals surface area (Å²) in [5.41, 5.74) is 3.01. The Balaban J connectivity index is 2.01. The molecule has 6 heteroatoms. The highest BCUT2D eigenvalue weighted by Gasteiger charge is 2.17. The van der Waals surface area contributed by atoms with Crippen molar-refractivity contribution in [2.24, 2.45) is 0 Å². The van der Waals surface area contributed by atoms with Gasteiger partial charge in [-0.15, -0.1) is 0 Å². The topological polar surface area (TPSA) is 68.7 Å². The van der Waals surface area contributed by atoms with E-state index < -0.39 is 0 Å². The molecule has 1 aromatic heterocycles. The molecule has 0 saturated heterocycles. The summed E-state index contributed by atoms with van der Waals surface area (Å²) in [5.74, 6) is 0.167. The number of benzene rings is 1. The maximum absolute atomic E-state index is 12.7. The Bertz CT molecular complexity index is 762. The summed E-state index contributed by atoms with van der Waals surface area (Å²) < 4.78 is 10.7. The van der Waals surface area contributed by atoms with Crippen molar-refractivity contribution in [2.45, 2.75) is 33.7 Å². The van der Waals surface area contributed by atoms with Crippen LogP contribution in [-0.4, -0.2) is 41.5 Å². The minimum absolute atomic E-state index is 0.0903. The van der Waals surface area contributed by atoms with Crippen LogP contribution in [0.2, 0.25) is 0 Å². The third kappa shape index (κ3) is 6.73. The maximum Gasteiger partial charge on any atom is 0.307 e. The van der Waals surface area contributed by atoms with Crippen LogP contribution in [0, 0.1) is 13.8 Å². The number of hydrogen-bond acceptors (Lipinski definition) is 5. The third-order valence-corrected chi connectivity index (χ3v) is 4.02. The molecule has 0 aliphatic carbocycles. The van der Waals surface area contributed by atoms with Gasteiger partial charge in [0.2, 0.25) is 0 Å². The van der Waals surface area contributed by atoms with E-state index in [1.54, 1.807) is 24.2 Å². The van der Waals surface area contributed by atoms with Crippen LogP contribution < -0.4 is 4.74 Å². The zero-order valence-corrected chi connectivity index (χ0v) is 16.1. The summed E-state index contributed by atoms with van der Waals surface area (Å²) in [7, 11) is 0. The molecule has 27 heavy (non-hydrogen) atoms. The zero-order chi connectivity index (χ0) is 19.6. The Morgan fingerprint density at radius 1 is 1.19 bits per heavy atom. The highest BCUT2D eigenvalue weighted by molar-refractivity contribution is 5.78. The highest BCUT2D eigenvalue weighted by atomic mass is 16.5. The van der Waals surface area contributed by atoms with E-state index >= 15 is 0 Å². The fourth-order valence-corrected chi connectivity index (χ4v) is 2.66. The van der Waals surface area contributed by atoms with Crippen molar-refractivity contribution >= 4 is 11.9 Å². The molecule has 0 aliphatic heterocycles. The van der Waals surface area contributed by atoms with Crippen molar-refractivity contribution < 1.29 is 19.1 Å². The van der Waals surface area contributed by atoms with E-state index in [9.17, 15) is 9.59 Å². The lowest BCUT2D eigenvalue weighted by Crippen LogP contribution is -2.36. The zero-order valence-electron chi connectivity index (χ0n) is 16.1. The van der Waals surface area contributed by atoms with E-state index in [2.05, 4.69) is 4.98 Å². The lowest BCUT2D eigenvalue weighted by molar-refractivity contribution is -0.144. The molecule has 2 aromatic rings. The molecular weight excluding hydrogens is 344 g/mol. The Morgan fingerprint density at radius 3 is 2.67 bits per heavy atom. The first kappa shape index (κ1) is 20.4. The molecule has 0 radical (unpaired) electrons. The molecule has 0 aliphatic rings. The number of nitrogens with zero attached hydrogens (tertiary/aromatic N) is 2. The standard InChI is InChI=1S/C21H26N2O4/c1-4-26-21(25)9-11-23(14-18-6-5-10-22-13-18)20(24)15-27-19-8-7-16(2)12-17(19)3/h5-8,10,12-13H,4,9,11,14-15H2,1-3H3. The largest absolute Gasteiger partial charge is 0.484 e. The molecule has 1 aromatic carbocycles. The van der Waals surface area contributed by atoms with Crippen LogP contribution in [0.15, 0.2) is 42.7 Å². The molecule has 0 spiro atoms. The summed E-state index contributed by atoms with van der Waals surface area (Å²) in [5, 5.41) is 0. The molecule has 0 N–H and O–H groups in total.